The Bertz CT molecular complexity index is 1730. The molecule has 0 amide bonds. The van der Waals surface area contributed by atoms with E-state index < -0.39 is 0 Å². The van der Waals surface area contributed by atoms with Gasteiger partial charge in [-0.15, -0.1) is 0 Å². The maximum absolute atomic E-state index is 2.51. The molecule has 0 aromatic heterocycles. The van der Waals surface area contributed by atoms with Gasteiger partial charge >= 0.3 is 0 Å². The van der Waals surface area contributed by atoms with Crippen molar-refractivity contribution in [1.29, 1.82) is 0 Å². The van der Waals surface area contributed by atoms with Crippen LogP contribution in [-0.4, -0.2) is 24.4 Å². The van der Waals surface area contributed by atoms with Crippen molar-refractivity contribution in [3.05, 3.63) is 131 Å². The quantitative estimate of drug-likeness (QED) is 0.235. The molecule has 0 N–H and O–H groups in total. The highest BCUT2D eigenvalue weighted by atomic mass is 15.2. The fourth-order valence-corrected chi connectivity index (χ4v) is 8.27. The Morgan fingerprint density at radius 2 is 1.61 bits per heavy atom. The molecule has 4 aromatic rings. The Morgan fingerprint density at radius 1 is 0.854 bits per heavy atom. The normalized spacial score (nSPS) is 22.3. The van der Waals surface area contributed by atoms with Crippen LogP contribution in [0.1, 0.15) is 61.3 Å². The van der Waals surface area contributed by atoms with Gasteiger partial charge in [0.1, 0.15) is 7.05 Å². The second-order valence-electron chi connectivity index (χ2n) is 12.8. The first-order valence-corrected chi connectivity index (χ1v) is 15.3. The lowest BCUT2D eigenvalue weighted by Crippen LogP contribution is -2.36. The summed E-state index contributed by atoms with van der Waals surface area (Å²) in [4.78, 5) is 2.42. The van der Waals surface area contributed by atoms with Crippen molar-refractivity contribution in [1.82, 2.24) is 0 Å². The van der Waals surface area contributed by atoms with Gasteiger partial charge in [-0.3, -0.25) is 0 Å². The standard InChI is InChI=1S/C39H41N2/c1-28-20-23-34-33(26-28)38(2,27-29-14-7-5-8-15-29)35(40(34)3)18-13-19-36-39(24-11-6-12-25-39)32-22-21-30-16-9-10-17-31(30)37(32)41(36)4/h5,7-10,13-23,26H,6,11-12,24-25,27H2,1-4H3/q+1. The summed E-state index contributed by atoms with van der Waals surface area (Å²) in [6.07, 6.45) is 14.6. The Balaban J connectivity index is 1.34. The van der Waals surface area contributed by atoms with Gasteiger partial charge in [0.15, 0.2) is 5.71 Å². The number of hydrogen-bond donors (Lipinski definition) is 0. The van der Waals surface area contributed by atoms with Crippen molar-refractivity contribution in [3.63, 3.8) is 0 Å². The van der Waals surface area contributed by atoms with Gasteiger partial charge in [0, 0.05) is 35.5 Å². The monoisotopic (exact) mass is 537 g/mol. The van der Waals surface area contributed by atoms with E-state index in [1.807, 2.05) is 0 Å². The SMILES string of the molecule is Cc1ccc2c(c1)C(C)(Cc1ccccc1)C(=CC=CC1=[N+](C)c3c(ccc4ccccc34)C13CCCCC3)N2C. The van der Waals surface area contributed by atoms with Crippen molar-refractivity contribution >= 4 is 27.9 Å². The van der Waals surface area contributed by atoms with Crippen LogP contribution in [0.15, 0.2) is 109 Å². The number of likely N-dealkylation sites (N-methyl/N-ethyl adjacent to an activating group) is 1. The average molecular weight is 538 g/mol. The number of rotatable bonds is 4. The van der Waals surface area contributed by atoms with E-state index in [4.69, 9.17) is 0 Å². The van der Waals surface area contributed by atoms with Gasteiger partial charge in [-0.1, -0.05) is 104 Å². The van der Waals surface area contributed by atoms with Crippen molar-refractivity contribution < 1.29 is 4.58 Å². The molecular weight excluding hydrogens is 496 g/mol. The van der Waals surface area contributed by atoms with E-state index in [2.05, 4.69) is 141 Å². The maximum atomic E-state index is 2.51. The molecule has 2 heteroatoms. The van der Waals surface area contributed by atoms with Crippen LogP contribution in [-0.2, 0) is 17.3 Å². The maximum Gasteiger partial charge on any atom is 0.217 e. The number of anilines is 1. The molecule has 1 spiro atoms. The summed E-state index contributed by atoms with van der Waals surface area (Å²) in [6, 6.07) is 31.6. The molecule has 1 saturated carbocycles. The third kappa shape index (κ3) is 4.02. The van der Waals surface area contributed by atoms with Gasteiger partial charge in [-0.25, -0.2) is 0 Å². The summed E-state index contributed by atoms with van der Waals surface area (Å²) < 4.78 is 2.51. The summed E-state index contributed by atoms with van der Waals surface area (Å²) in [5, 5.41) is 2.70. The van der Waals surface area contributed by atoms with E-state index >= 15 is 0 Å². The Labute approximate surface area is 245 Å². The molecule has 2 nitrogen and oxygen atoms in total. The number of fused-ring (bicyclic) bond motifs is 5. The van der Waals surface area contributed by atoms with Crippen molar-refractivity contribution in [2.45, 2.75) is 63.2 Å². The highest BCUT2D eigenvalue weighted by molar-refractivity contribution is 6.07. The van der Waals surface area contributed by atoms with Crippen molar-refractivity contribution in [2.75, 3.05) is 19.0 Å². The fraction of sp³-hybridized carbons (Fsp3) is 0.308. The molecule has 2 aliphatic heterocycles. The van der Waals surface area contributed by atoms with Gasteiger partial charge in [-0.2, -0.15) is 4.58 Å². The molecule has 0 radical (unpaired) electrons. The summed E-state index contributed by atoms with van der Waals surface area (Å²) in [6.45, 7) is 4.64. The third-order valence-electron chi connectivity index (χ3n) is 10.3. The molecular formula is C39H41N2+. The zero-order valence-electron chi connectivity index (χ0n) is 25.0. The van der Waals surface area contributed by atoms with E-state index in [-0.39, 0.29) is 10.8 Å². The molecule has 0 saturated heterocycles. The zero-order chi connectivity index (χ0) is 28.2. The second kappa shape index (κ2) is 9.87. The van der Waals surface area contributed by atoms with Crippen LogP contribution in [0, 0.1) is 6.92 Å². The van der Waals surface area contributed by atoms with E-state index in [0.29, 0.717) is 0 Å². The number of benzene rings is 4. The van der Waals surface area contributed by atoms with Gasteiger partial charge in [-0.05, 0) is 67.8 Å². The fourth-order valence-electron chi connectivity index (χ4n) is 8.27. The number of aryl methyl sites for hydroxylation is 1. The number of allylic oxidation sites excluding steroid dienone is 4. The lowest BCUT2D eigenvalue weighted by atomic mass is 9.67. The first-order chi connectivity index (χ1) is 19.9. The van der Waals surface area contributed by atoms with Crippen LogP contribution < -0.4 is 4.90 Å². The molecule has 7 rings (SSSR count). The van der Waals surface area contributed by atoms with Crippen LogP contribution in [0.2, 0.25) is 0 Å². The highest BCUT2D eigenvalue weighted by Crippen LogP contribution is 2.52. The molecule has 0 bridgehead atoms. The van der Waals surface area contributed by atoms with E-state index in [9.17, 15) is 0 Å². The Kier molecular flexibility index (Phi) is 6.27. The molecule has 1 atom stereocenters. The predicted octanol–water partition coefficient (Wildman–Crippen LogP) is 9.17. The van der Waals surface area contributed by atoms with Gasteiger partial charge in [0.05, 0.1) is 10.8 Å². The van der Waals surface area contributed by atoms with Crippen LogP contribution in [0.4, 0.5) is 11.4 Å². The minimum Gasteiger partial charge on any atom is -0.347 e. The van der Waals surface area contributed by atoms with Crippen molar-refractivity contribution in [2.24, 2.45) is 0 Å². The largest absolute Gasteiger partial charge is 0.347 e. The molecule has 3 aliphatic rings. The summed E-state index contributed by atoms with van der Waals surface area (Å²) in [5.74, 6) is 0. The van der Waals surface area contributed by atoms with Gasteiger partial charge in [0.2, 0.25) is 5.69 Å². The molecule has 206 valence electrons. The van der Waals surface area contributed by atoms with E-state index in [1.54, 1.807) is 0 Å². The van der Waals surface area contributed by atoms with Crippen molar-refractivity contribution in [3.8, 4) is 0 Å². The van der Waals surface area contributed by atoms with Crippen LogP contribution in [0.3, 0.4) is 0 Å². The second-order valence-corrected chi connectivity index (χ2v) is 12.8. The Hall–Kier alpha value is -3.91. The van der Waals surface area contributed by atoms with E-state index in [1.165, 1.54) is 87.9 Å². The summed E-state index contributed by atoms with van der Waals surface area (Å²) >= 11 is 0. The molecule has 1 fully saturated rings. The predicted molar refractivity (Wildman–Crippen MR) is 174 cm³/mol. The first-order valence-electron chi connectivity index (χ1n) is 15.3. The number of hydrogen-bond acceptors (Lipinski definition) is 1. The molecule has 2 heterocycles. The lowest BCUT2D eigenvalue weighted by molar-refractivity contribution is -0.400. The average Bonchev–Trinajstić information content (AvgIpc) is 3.34. The van der Waals surface area contributed by atoms with Gasteiger partial charge < -0.3 is 4.90 Å². The third-order valence-corrected chi connectivity index (χ3v) is 10.3. The zero-order valence-corrected chi connectivity index (χ0v) is 25.0. The molecule has 4 aromatic carbocycles. The summed E-state index contributed by atoms with van der Waals surface area (Å²) in [7, 11) is 4.53. The Morgan fingerprint density at radius 3 is 2.41 bits per heavy atom. The minimum absolute atomic E-state index is 0.101. The summed E-state index contributed by atoms with van der Waals surface area (Å²) in [5.41, 5.74) is 11.2. The minimum atomic E-state index is -0.101. The lowest BCUT2D eigenvalue weighted by Gasteiger charge is -2.31. The molecule has 41 heavy (non-hydrogen) atoms. The smallest absolute Gasteiger partial charge is 0.217 e. The van der Waals surface area contributed by atoms with Crippen LogP contribution in [0.25, 0.3) is 10.8 Å². The van der Waals surface area contributed by atoms with Crippen LogP contribution in [0.5, 0.6) is 0 Å². The first kappa shape index (κ1) is 26.0. The number of nitrogens with zero attached hydrogens (tertiary/aromatic N) is 2. The topological polar surface area (TPSA) is 6.25 Å². The highest BCUT2D eigenvalue weighted by Gasteiger charge is 2.51. The van der Waals surface area contributed by atoms with Crippen LogP contribution >= 0.6 is 0 Å². The molecule has 1 unspecified atom stereocenters. The van der Waals surface area contributed by atoms with E-state index in [0.717, 1.165) is 6.42 Å². The molecule has 1 aliphatic carbocycles. The van der Waals surface area contributed by atoms with Gasteiger partial charge in [0.25, 0.3) is 0 Å².